The first kappa shape index (κ1) is 20.7. The van der Waals surface area contributed by atoms with E-state index in [0.717, 1.165) is 46.7 Å². The SMILES string of the molecule is COc1ccc2c(c1)CCC2C(=O)Nc1cc(Nc2ccccc2-c2ncn(C)n2)ccn1. The number of carbonyl (C=O) groups excluding carboxylic acids is 1. The summed E-state index contributed by atoms with van der Waals surface area (Å²) in [6, 6.07) is 17.4. The van der Waals surface area contributed by atoms with E-state index in [9.17, 15) is 4.79 Å². The number of fused-ring (bicyclic) bond motifs is 1. The van der Waals surface area contributed by atoms with Crippen LogP contribution < -0.4 is 15.4 Å². The second kappa shape index (κ2) is 8.74. The first-order valence-corrected chi connectivity index (χ1v) is 10.8. The summed E-state index contributed by atoms with van der Waals surface area (Å²) in [6.07, 6.45) is 4.98. The Morgan fingerprint density at radius 1 is 1.12 bits per heavy atom. The summed E-state index contributed by atoms with van der Waals surface area (Å²) < 4.78 is 6.97. The number of benzene rings is 2. The average Bonchev–Trinajstić information content (AvgIpc) is 3.45. The molecule has 0 fully saturated rings. The number of rotatable bonds is 6. The summed E-state index contributed by atoms with van der Waals surface area (Å²) >= 11 is 0. The third-order valence-electron chi connectivity index (χ3n) is 5.80. The quantitative estimate of drug-likeness (QED) is 0.464. The summed E-state index contributed by atoms with van der Waals surface area (Å²) in [5.74, 6) is 1.71. The molecular weight excluding hydrogens is 416 g/mol. The van der Waals surface area contributed by atoms with Crippen molar-refractivity contribution in [1.29, 1.82) is 0 Å². The zero-order chi connectivity index (χ0) is 22.8. The number of aromatic nitrogens is 4. The van der Waals surface area contributed by atoms with Crippen LogP contribution >= 0.6 is 0 Å². The van der Waals surface area contributed by atoms with E-state index >= 15 is 0 Å². The second-order valence-electron chi connectivity index (χ2n) is 7.99. The van der Waals surface area contributed by atoms with Crippen molar-refractivity contribution in [2.45, 2.75) is 18.8 Å². The van der Waals surface area contributed by atoms with E-state index in [1.165, 1.54) is 0 Å². The highest BCUT2D eigenvalue weighted by Gasteiger charge is 2.29. The Balaban J connectivity index is 1.33. The first-order chi connectivity index (χ1) is 16.1. The fourth-order valence-electron chi connectivity index (χ4n) is 4.19. The van der Waals surface area contributed by atoms with Gasteiger partial charge in [0.25, 0.3) is 0 Å². The fraction of sp³-hybridized carbons (Fsp3) is 0.200. The van der Waals surface area contributed by atoms with Gasteiger partial charge in [0.1, 0.15) is 17.9 Å². The molecule has 0 saturated carbocycles. The Hall–Kier alpha value is -4.20. The Kier molecular flexibility index (Phi) is 5.48. The lowest BCUT2D eigenvalue weighted by molar-refractivity contribution is -0.117. The lowest BCUT2D eigenvalue weighted by Gasteiger charge is -2.14. The summed E-state index contributed by atoms with van der Waals surface area (Å²) in [4.78, 5) is 21.7. The van der Waals surface area contributed by atoms with E-state index < -0.39 is 0 Å². The lowest BCUT2D eigenvalue weighted by atomic mass is 10.0. The molecular formula is C25H24N6O2. The summed E-state index contributed by atoms with van der Waals surface area (Å²) in [6.45, 7) is 0. The van der Waals surface area contributed by atoms with Gasteiger partial charge in [-0.25, -0.2) is 9.97 Å². The minimum atomic E-state index is -0.194. The molecule has 166 valence electrons. The number of pyridine rings is 1. The van der Waals surface area contributed by atoms with Crippen LogP contribution in [0.15, 0.2) is 67.1 Å². The predicted molar refractivity (Wildman–Crippen MR) is 127 cm³/mol. The third kappa shape index (κ3) is 4.27. The number of nitrogens with zero attached hydrogens (tertiary/aromatic N) is 4. The van der Waals surface area contributed by atoms with E-state index in [1.807, 2.05) is 61.6 Å². The molecule has 1 unspecified atom stereocenters. The van der Waals surface area contributed by atoms with Gasteiger partial charge in [-0.2, -0.15) is 5.10 Å². The Bertz CT molecular complexity index is 1320. The molecule has 2 heterocycles. The maximum absolute atomic E-state index is 13.0. The molecule has 1 amide bonds. The number of amides is 1. The van der Waals surface area contributed by atoms with Crippen molar-refractivity contribution >= 4 is 23.1 Å². The van der Waals surface area contributed by atoms with Crippen LogP contribution in [0.2, 0.25) is 0 Å². The molecule has 5 rings (SSSR count). The summed E-state index contributed by atoms with van der Waals surface area (Å²) in [5.41, 5.74) is 4.78. The van der Waals surface area contributed by atoms with Crippen LogP contribution in [0.25, 0.3) is 11.4 Å². The van der Waals surface area contributed by atoms with Gasteiger partial charge >= 0.3 is 0 Å². The Labute approximate surface area is 191 Å². The number of anilines is 3. The molecule has 0 saturated heterocycles. The number of hydrogen-bond donors (Lipinski definition) is 2. The van der Waals surface area contributed by atoms with E-state index in [1.54, 1.807) is 24.3 Å². The molecule has 1 aliphatic rings. The van der Waals surface area contributed by atoms with Crippen molar-refractivity contribution in [2.75, 3.05) is 17.7 Å². The van der Waals surface area contributed by atoms with Crippen LogP contribution in [0, 0.1) is 0 Å². The molecule has 0 bridgehead atoms. The Morgan fingerprint density at radius 3 is 2.82 bits per heavy atom. The maximum atomic E-state index is 13.0. The topological polar surface area (TPSA) is 94.0 Å². The predicted octanol–water partition coefficient (Wildman–Crippen LogP) is 4.30. The van der Waals surface area contributed by atoms with Gasteiger partial charge < -0.3 is 15.4 Å². The van der Waals surface area contributed by atoms with Gasteiger partial charge in [0.15, 0.2) is 5.82 Å². The molecule has 2 N–H and O–H groups in total. The second-order valence-corrected chi connectivity index (χ2v) is 7.99. The number of hydrogen-bond acceptors (Lipinski definition) is 6. The number of carbonyl (C=O) groups is 1. The average molecular weight is 441 g/mol. The van der Waals surface area contributed by atoms with Crippen LogP contribution in [0.5, 0.6) is 5.75 Å². The van der Waals surface area contributed by atoms with Gasteiger partial charge in [-0.05, 0) is 54.3 Å². The van der Waals surface area contributed by atoms with Crippen molar-refractivity contribution in [3.8, 4) is 17.1 Å². The zero-order valence-electron chi connectivity index (χ0n) is 18.4. The van der Waals surface area contributed by atoms with Gasteiger partial charge in [-0.1, -0.05) is 18.2 Å². The molecule has 33 heavy (non-hydrogen) atoms. The maximum Gasteiger partial charge on any atom is 0.233 e. The molecule has 2 aromatic heterocycles. The van der Waals surface area contributed by atoms with Crippen molar-refractivity contribution in [2.24, 2.45) is 7.05 Å². The highest BCUT2D eigenvalue weighted by molar-refractivity contribution is 5.96. The van der Waals surface area contributed by atoms with Crippen LogP contribution in [0.4, 0.5) is 17.2 Å². The van der Waals surface area contributed by atoms with Gasteiger partial charge in [0.2, 0.25) is 5.91 Å². The Morgan fingerprint density at radius 2 is 2.00 bits per heavy atom. The van der Waals surface area contributed by atoms with Gasteiger partial charge in [-0.15, -0.1) is 0 Å². The van der Waals surface area contributed by atoms with Crippen LogP contribution in [0.3, 0.4) is 0 Å². The molecule has 0 aliphatic heterocycles. The highest BCUT2D eigenvalue weighted by Crippen LogP contribution is 2.36. The van der Waals surface area contributed by atoms with Crippen molar-refractivity contribution in [3.63, 3.8) is 0 Å². The van der Waals surface area contributed by atoms with Crippen molar-refractivity contribution in [1.82, 2.24) is 19.7 Å². The number of nitrogens with one attached hydrogen (secondary N) is 2. The van der Waals surface area contributed by atoms with Crippen molar-refractivity contribution < 1.29 is 9.53 Å². The fourth-order valence-corrected chi connectivity index (χ4v) is 4.19. The number of methoxy groups -OCH3 is 1. The standard InChI is InChI=1S/C25H24N6O2/c1-31-15-27-24(30-31)21-5-3-4-6-22(21)28-17-11-12-26-23(14-17)29-25(32)20-9-7-16-13-18(33-2)8-10-19(16)20/h3-6,8,10-15,20H,7,9H2,1-2H3,(H2,26,28,29,32). The molecule has 4 aromatic rings. The van der Waals surface area contributed by atoms with Crippen LogP contribution in [-0.2, 0) is 18.3 Å². The molecule has 8 nitrogen and oxygen atoms in total. The third-order valence-corrected chi connectivity index (χ3v) is 5.80. The summed E-state index contributed by atoms with van der Waals surface area (Å²) in [5, 5.41) is 10.8. The first-order valence-electron chi connectivity index (χ1n) is 10.8. The summed E-state index contributed by atoms with van der Waals surface area (Å²) in [7, 11) is 3.49. The number of para-hydroxylation sites is 1. The minimum Gasteiger partial charge on any atom is -0.497 e. The van der Waals surface area contributed by atoms with E-state index in [2.05, 4.69) is 25.7 Å². The van der Waals surface area contributed by atoms with E-state index in [-0.39, 0.29) is 11.8 Å². The van der Waals surface area contributed by atoms with Gasteiger partial charge in [0, 0.05) is 36.2 Å². The molecule has 8 heteroatoms. The molecule has 1 aliphatic carbocycles. The molecule has 2 aromatic carbocycles. The van der Waals surface area contributed by atoms with Crippen molar-refractivity contribution in [3.05, 3.63) is 78.2 Å². The number of aryl methyl sites for hydroxylation is 2. The normalized spacial score (nSPS) is 14.5. The van der Waals surface area contributed by atoms with E-state index in [4.69, 9.17) is 4.74 Å². The van der Waals surface area contributed by atoms with E-state index in [0.29, 0.717) is 11.6 Å². The monoisotopic (exact) mass is 440 g/mol. The smallest absolute Gasteiger partial charge is 0.233 e. The molecule has 1 atom stereocenters. The molecule has 0 radical (unpaired) electrons. The minimum absolute atomic E-state index is 0.0540. The zero-order valence-corrected chi connectivity index (χ0v) is 18.4. The number of ether oxygens (including phenoxy) is 1. The van der Waals surface area contributed by atoms with Crippen LogP contribution in [0.1, 0.15) is 23.5 Å². The largest absolute Gasteiger partial charge is 0.497 e. The van der Waals surface area contributed by atoms with Crippen LogP contribution in [-0.4, -0.2) is 32.8 Å². The lowest BCUT2D eigenvalue weighted by Crippen LogP contribution is -2.20. The molecule has 0 spiro atoms. The van der Waals surface area contributed by atoms with Gasteiger partial charge in [-0.3, -0.25) is 9.48 Å². The van der Waals surface area contributed by atoms with Gasteiger partial charge in [0.05, 0.1) is 13.0 Å². The highest BCUT2D eigenvalue weighted by atomic mass is 16.5.